The van der Waals surface area contributed by atoms with Gasteiger partial charge < -0.3 is 5.11 Å². The number of hydrogen-bond acceptors (Lipinski definition) is 1. The molecular weight excluding hydrogens is 171 g/mol. The van der Waals surface area contributed by atoms with Crippen molar-refractivity contribution < 1.29 is 14.3 Å². The molecule has 70 valence electrons. The van der Waals surface area contributed by atoms with Gasteiger partial charge in [-0.25, -0.2) is 4.39 Å². The number of aliphatic carboxylic acids is 1. The quantitative estimate of drug-likeness (QED) is 0.762. The van der Waals surface area contributed by atoms with Crippen LogP contribution in [0.4, 0.5) is 4.39 Å². The van der Waals surface area contributed by atoms with Gasteiger partial charge in [0.1, 0.15) is 5.82 Å². The molecule has 0 saturated heterocycles. The Morgan fingerprint density at radius 3 is 2.62 bits per heavy atom. The lowest BCUT2D eigenvalue weighted by molar-refractivity contribution is -0.138. The molecule has 0 fully saturated rings. The Bertz CT molecular complexity index is 334. The molecule has 1 aromatic rings. The minimum Gasteiger partial charge on any atom is -0.481 e. The number of hydrogen-bond donors (Lipinski definition) is 1. The van der Waals surface area contributed by atoms with E-state index in [1.165, 1.54) is 13.0 Å². The van der Waals surface area contributed by atoms with Gasteiger partial charge in [-0.15, -0.1) is 0 Å². The maximum absolute atomic E-state index is 13.0. The first-order valence-electron chi connectivity index (χ1n) is 4.01. The molecule has 1 atom stereocenters. The Kier molecular flexibility index (Phi) is 2.66. The maximum atomic E-state index is 13.0. The van der Waals surface area contributed by atoms with E-state index in [1.807, 2.05) is 0 Å². The van der Waals surface area contributed by atoms with Crippen LogP contribution in [-0.2, 0) is 4.79 Å². The topological polar surface area (TPSA) is 37.3 Å². The van der Waals surface area contributed by atoms with Gasteiger partial charge in [0.15, 0.2) is 0 Å². The molecule has 0 aromatic heterocycles. The first-order chi connectivity index (χ1) is 6.02. The smallest absolute Gasteiger partial charge is 0.310 e. The van der Waals surface area contributed by atoms with Crippen LogP contribution in [0.2, 0.25) is 0 Å². The second-order valence-corrected chi connectivity index (χ2v) is 3.07. The molecule has 1 rings (SSSR count). The molecular formula is C10H11FO2. The van der Waals surface area contributed by atoms with Crippen LogP contribution in [0.25, 0.3) is 0 Å². The Morgan fingerprint density at radius 2 is 2.15 bits per heavy atom. The van der Waals surface area contributed by atoms with E-state index in [0.29, 0.717) is 11.1 Å². The van der Waals surface area contributed by atoms with Crippen LogP contribution >= 0.6 is 0 Å². The van der Waals surface area contributed by atoms with Crippen molar-refractivity contribution in [3.8, 4) is 0 Å². The molecule has 0 spiro atoms. The lowest BCUT2D eigenvalue weighted by atomic mass is 10.00. The number of carboxylic acids is 1. The highest BCUT2D eigenvalue weighted by molar-refractivity contribution is 5.75. The summed E-state index contributed by atoms with van der Waals surface area (Å²) in [6, 6.07) is 4.50. The number of rotatable bonds is 2. The van der Waals surface area contributed by atoms with Crippen molar-refractivity contribution in [2.45, 2.75) is 19.8 Å². The van der Waals surface area contributed by atoms with Gasteiger partial charge in [-0.3, -0.25) is 4.79 Å². The molecule has 1 aromatic carbocycles. The minimum absolute atomic E-state index is 0.356. The van der Waals surface area contributed by atoms with Gasteiger partial charge in [-0.05, 0) is 31.0 Å². The van der Waals surface area contributed by atoms with Crippen LogP contribution in [0, 0.1) is 12.7 Å². The standard InChI is InChI=1S/C10H11FO2/c1-6-3-4-8(5-9(6)11)7(2)10(12)13/h3-5,7H,1-2H3,(H,12,13). The maximum Gasteiger partial charge on any atom is 0.310 e. The van der Waals surface area contributed by atoms with Crippen molar-refractivity contribution in [3.05, 3.63) is 35.1 Å². The third kappa shape index (κ3) is 2.05. The molecule has 0 amide bonds. The van der Waals surface area contributed by atoms with Crippen molar-refractivity contribution in [1.82, 2.24) is 0 Å². The fraction of sp³-hybridized carbons (Fsp3) is 0.300. The highest BCUT2D eigenvalue weighted by atomic mass is 19.1. The van der Waals surface area contributed by atoms with Crippen molar-refractivity contribution in [2.24, 2.45) is 0 Å². The number of halogens is 1. The van der Waals surface area contributed by atoms with E-state index in [0.717, 1.165) is 0 Å². The van der Waals surface area contributed by atoms with E-state index in [-0.39, 0.29) is 5.82 Å². The summed E-state index contributed by atoms with van der Waals surface area (Å²) in [5.74, 6) is -1.95. The molecule has 0 radical (unpaired) electrons. The third-order valence-electron chi connectivity index (χ3n) is 2.07. The normalized spacial score (nSPS) is 12.5. The van der Waals surface area contributed by atoms with Crippen molar-refractivity contribution in [1.29, 1.82) is 0 Å². The number of benzene rings is 1. The summed E-state index contributed by atoms with van der Waals surface area (Å²) in [4.78, 5) is 10.6. The highest BCUT2D eigenvalue weighted by Crippen LogP contribution is 2.18. The van der Waals surface area contributed by atoms with E-state index >= 15 is 0 Å². The van der Waals surface area contributed by atoms with Crippen LogP contribution in [0.15, 0.2) is 18.2 Å². The molecule has 0 aliphatic rings. The van der Waals surface area contributed by atoms with Gasteiger partial charge in [0.2, 0.25) is 0 Å². The zero-order valence-electron chi connectivity index (χ0n) is 7.54. The summed E-state index contributed by atoms with van der Waals surface area (Å²) < 4.78 is 13.0. The Labute approximate surface area is 76.0 Å². The van der Waals surface area contributed by atoms with Crippen molar-refractivity contribution >= 4 is 5.97 Å². The SMILES string of the molecule is Cc1ccc(C(C)C(=O)O)cc1F. The van der Waals surface area contributed by atoms with Crippen molar-refractivity contribution in [3.63, 3.8) is 0 Å². The third-order valence-corrected chi connectivity index (χ3v) is 2.07. The van der Waals surface area contributed by atoms with E-state index in [2.05, 4.69) is 0 Å². The number of carboxylic acid groups (broad SMARTS) is 1. The first kappa shape index (κ1) is 9.71. The summed E-state index contributed by atoms with van der Waals surface area (Å²) in [6.07, 6.45) is 0. The van der Waals surface area contributed by atoms with Crippen LogP contribution < -0.4 is 0 Å². The summed E-state index contributed by atoms with van der Waals surface area (Å²) >= 11 is 0. The fourth-order valence-corrected chi connectivity index (χ4v) is 1.02. The lowest BCUT2D eigenvalue weighted by Crippen LogP contribution is -2.07. The predicted octanol–water partition coefficient (Wildman–Crippen LogP) is 2.32. The summed E-state index contributed by atoms with van der Waals surface area (Å²) in [6.45, 7) is 3.18. The Morgan fingerprint density at radius 1 is 1.54 bits per heavy atom. The monoisotopic (exact) mass is 182 g/mol. The summed E-state index contributed by atoms with van der Waals surface area (Å²) in [5, 5.41) is 8.67. The second-order valence-electron chi connectivity index (χ2n) is 3.07. The van der Waals surface area contributed by atoms with E-state index in [4.69, 9.17) is 5.11 Å². The van der Waals surface area contributed by atoms with Gasteiger partial charge in [0.05, 0.1) is 5.92 Å². The van der Waals surface area contributed by atoms with Crippen LogP contribution in [0.1, 0.15) is 24.0 Å². The molecule has 0 aliphatic heterocycles. The first-order valence-corrected chi connectivity index (χ1v) is 4.01. The van der Waals surface area contributed by atoms with E-state index in [1.54, 1.807) is 19.1 Å². The minimum atomic E-state index is -0.941. The number of carbonyl (C=O) groups is 1. The second kappa shape index (κ2) is 3.56. The zero-order valence-corrected chi connectivity index (χ0v) is 7.54. The Hall–Kier alpha value is -1.38. The lowest BCUT2D eigenvalue weighted by Gasteiger charge is -2.06. The van der Waals surface area contributed by atoms with Crippen molar-refractivity contribution in [2.75, 3.05) is 0 Å². The highest BCUT2D eigenvalue weighted by Gasteiger charge is 2.14. The van der Waals surface area contributed by atoms with Crippen LogP contribution in [0.3, 0.4) is 0 Å². The fourth-order valence-electron chi connectivity index (χ4n) is 1.02. The van der Waals surface area contributed by atoms with Gasteiger partial charge in [0.25, 0.3) is 0 Å². The average molecular weight is 182 g/mol. The van der Waals surface area contributed by atoms with Gasteiger partial charge >= 0.3 is 5.97 Å². The Balaban J connectivity index is 3.03. The molecule has 2 nitrogen and oxygen atoms in total. The van der Waals surface area contributed by atoms with E-state index in [9.17, 15) is 9.18 Å². The molecule has 3 heteroatoms. The van der Waals surface area contributed by atoms with Gasteiger partial charge in [-0.1, -0.05) is 12.1 Å². The average Bonchev–Trinajstić information content (AvgIpc) is 2.08. The van der Waals surface area contributed by atoms with Crippen LogP contribution in [0.5, 0.6) is 0 Å². The number of aryl methyl sites for hydroxylation is 1. The predicted molar refractivity (Wildman–Crippen MR) is 47.2 cm³/mol. The largest absolute Gasteiger partial charge is 0.481 e. The van der Waals surface area contributed by atoms with Crippen LogP contribution in [-0.4, -0.2) is 11.1 Å². The zero-order chi connectivity index (χ0) is 10.0. The summed E-state index contributed by atoms with van der Waals surface area (Å²) in [5.41, 5.74) is 1.02. The molecule has 0 bridgehead atoms. The van der Waals surface area contributed by atoms with Gasteiger partial charge in [0, 0.05) is 0 Å². The molecule has 13 heavy (non-hydrogen) atoms. The van der Waals surface area contributed by atoms with E-state index < -0.39 is 11.9 Å². The molecule has 0 aliphatic carbocycles. The summed E-state index contributed by atoms with van der Waals surface area (Å²) in [7, 11) is 0. The molecule has 1 unspecified atom stereocenters. The van der Waals surface area contributed by atoms with Gasteiger partial charge in [-0.2, -0.15) is 0 Å². The molecule has 0 heterocycles. The molecule has 1 N–H and O–H groups in total. The molecule has 0 saturated carbocycles.